The monoisotopic (exact) mass is 445 g/mol. The third-order valence-corrected chi connectivity index (χ3v) is 5.57. The van der Waals surface area contributed by atoms with Gasteiger partial charge in [-0.1, -0.05) is 0 Å². The summed E-state index contributed by atoms with van der Waals surface area (Å²) < 4.78 is 43.7. The number of oxazole rings is 1. The van der Waals surface area contributed by atoms with Crippen LogP contribution in [-0.4, -0.2) is 44.4 Å². The molecule has 10 heteroatoms. The summed E-state index contributed by atoms with van der Waals surface area (Å²) in [6, 6.07) is 5.44. The van der Waals surface area contributed by atoms with E-state index in [2.05, 4.69) is 20.3 Å². The summed E-state index contributed by atoms with van der Waals surface area (Å²) >= 11 is 0. The smallest absolute Gasteiger partial charge is 0.417 e. The molecule has 0 aliphatic carbocycles. The van der Waals surface area contributed by atoms with E-state index in [0.717, 1.165) is 25.1 Å². The van der Waals surface area contributed by atoms with Gasteiger partial charge in [0.25, 0.3) is 5.91 Å². The van der Waals surface area contributed by atoms with Crippen molar-refractivity contribution in [1.29, 1.82) is 0 Å². The molecule has 0 radical (unpaired) electrons. The lowest BCUT2D eigenvalue weighted by Crippen LogP contribution is -2.52. The van der Waals surface area contributed by atoms with Gasteiger partial charge in [-0.2, -0.15) is 13.2 Å². The Labute approximate surface area is 182 Å². The van der Waals surface area contributed by atoms with Crippen molar-refractivity contribution in [2.75, 3.05) is 11.9 Å². The summed E-state index contributed by atoms with van der Waals surface area (Å²) in [4.78, 5) is 27.7. The van der Waals surface area contributed by atoms with E-state index in [1.165, 1.54) is 18.5 Å². The van der Waals surface area contributed by atoms with E-state index < -0.39 is 11.7 Å². The number of carbonyl (C=O) groups excluding carboxylic acids is 1. The van der Waals surface area contributed by atoms with Crippen LogP contribution < -0.4 is 5.32 Å². The average Bonchev–Trinajstić information content (AvgIpc) is 3.29. The molecular weight excluding hydrogens is 423 g/mol. The Morgan fingerprint density at radius 2 is 2.03 bits per heavy atom. The van der Waals surface area contributed by atoms with E-state index >= 15 is 0 Å². The van der Waals surface area contributed by atoms with Crippen LogP contribution in [0.1, 0.15) is 41.5 Å². The highest BCUT2D eigenvalue weighted by atomic mass is 19.4. The predicted octanol–water partition coefficient (Wildman–Crippen LogP) is 4.56. The Morgan fingerprint density at radius 3 is 2.69 bits per heavy atom. The molecule has 32 heavy (non-hydrogen) atoms. The minimum atomic E-state index is -4.44. The number of alkyl halides is 3. The quantitative estimate of drug-likeness (QED) is 0.634. The van der Waals surface area contributed by atoms with Crippen LogP contribution in [0.2, 0.25) is 0 Å². The van der Waals surface area contributed by atoms with E-state index in [0.29, 0.717) is 29.5 Å². The molecule has 0 bridgehead atoms. The number of nitrogens with one attached hydrogen (secondary N) is 1. The number of nitrogens with zero attached hydrogens (tertiary/aromatic N) is 4. The van der Waals surface area contributed by atoms with Gasteiger partial charge in [0.2, 0.25) is 5.89 Å². The maximum absolute atomic E-state index is 13.5. The summed E-state index contributed by atoms with van der Waals surface area (Å²) in [5.74, 6) is 0.397. The number of aryl methyl sites for hydroxylation is 1. The summed E-state index contributed by atoms with van der Waals surface area (Å²) in [6.45, 7) is 4.25. The highest BCUT2D eigenvalue weighted by Gasteiger charge is 2.34. The standard InChI is InChI=1S/C22H22F3N5O2/c1-13-5-7-16(20-26-9-11-32-20)19(28-13)21(31)30-10-3-4-17(14(30)2)29-18-8-6-15(12-27-18)22(23,24)25/h5-9,11-12,14,17H,3-4,10H2,1-2H3,(H,27,29)/t14-,17+/m1/s1. The van der Waals surface area contributed by atoms with Crippen molar-refractivity contribution in [3.05, 3.63) is 59.9 Å². The number of carbonyl (C=O) groups is 1. The molecular formula is C22H22F3N5O2. The Bertz CT molecular complexity index is 1080. The fraction of sp³-hybridized carbons (Fsp3) is 0.364. The van der Waals surface area contributed by atoms with Gasteiger partial charge >= 0.3 is 6.18 Å². The van der Waals surface area contributed by atoms with Gasteiger partial charge in [-0.15, -0.1) is 0 Å². The van der Waals surface area contributed by atoms with Crippen molar-refractivity contribution in [3.63, 3.8) is 0 Å². The fourth-order valence-corrected chi connectivity index (χ4v) is 3.84. The molecule has 168 valence electrons. The van der Waals surface area contributed by atoms with Gasteiger partial charge in [0.05, 0.1) is 17.3 Å². The topological polar surface area (TPSA) is 84.2 Å². The third kappa shape index (κ3) is 4.44. The van der Waals surface area contributed by atoms with Gasteiger partial charge < -0.3 is 14.6 Å². The zero-order valence-corrected chi connectivity index (χ0v) is 17.6. The molecule has 1 N–H and O–H groups in total. The molecule has 0 saturated carbocycles. The molecule has 3 aromatic heterocycles. The summed E-state index contributed by atoms with van der Waals surface area (Å²) in [7, 11) is 0. The van der Waals surface area contributed by atoms with Gasteiger partial charge in [-0.3, -0.25) is 4.79 Å². The molecule has 3 aromatic rings. The van der Waals surface area contributed by atoms with E-state index in [4.69, 9.17) is 4.42 Å². The van der Waals surface area contributed by atoms with Crippen molar-refractivity contribution in [2.45, 2.75) is 44.9 Å². The average molecular weight is 445 g/mol. The first-order chi connectivity index (χ1) is 15.2. The van der Waals surface area contributed by atoms with Crippen molar-refractivity contribution >= 4 is 11.7 Å². The molecule has 7 nitrogen and oxygen atoms in total. The molecule has 0 aromatic carbocycles. The second kappa shape index (κ2) is 8.60. The number of amides is 1. The first-order valence-corrected chi connectivity index (χ1v) is 10.2. The van der Waals surface area contributed by atoms with Crippen LogP contribution >= 0.6 is 0 Å². The normalized spacial score (nSPS) is 19.1. The zero-order valence-electron chi connectivity index (χ0n) is 17.6. The predicted molar refractivity (Wildman–Crippen MR) is 111 cm³/mol. The second-order valence-electron chi connectivity index (χ2n) is 7.75. The SMILES string of the molecule is Cc1ccc(-c2ncco2)c(C(=O)N2CCC[C@H](Nc3ccc(C(F)(F)F)cn3)[C@H]2C)n1. The van der Waals surface area contributed by atoms with Crippen LogP contribution in [0.15, 0.2) is 47.3 Å². The number of aromatic nitrogens is 3. The van der Waals surface area contributed by atoms with Crippen LogP contribution in [0.4, 0.5) is 19.0 Å². The fourth-order valence-electron chi connectivity index (χ4n) is 3.84. The maximum Gasteiger partial charge on any atom is 0.417 e. The van der Waals surface area contributed by atoms with Crippen molar-refractivity contribution < 1.29 is 22.4 Å². The minimum absolute atomic E-state index is 0.174. The first-order valence-electron chi connectivity index (χ1n) is 10.2. The number of rotatable bonds is 4. The number of piperidine rings is 1. The number of hydrogen-bond donors (Lipinski definition) is 1. The van der Waals surface area contributed by atoms with Gasteiger partial charge in [-0.25, -0.2) is 15.0 Å². The number of anilines is 1. The second-order valence-corrected chi connectivity index (χ2v) is 7.75. The lowest BCUT2D eigenvalue weighted by molar-refractivity contribution is -0.137. The minimum Gasteiger partial charge on any atom is -0.444 e. The van der Waals surface area contributed by atoms with Crippen molar-refractivity contribution in [3.8, 4) is 11.5 Å². The molecule has 0 spiro atoms. The first kappa shape index (κ1) is 21.8. The Hall–Kier alpha value is -3.43. The van der Waals surface area contributed by atoms with Crippen LogP contribution in [0.25, 0.3) is 11.5 Å². The molecule has 0 unspecified atom stereocenters. The van der Waals surface area contributed by atoms with E-state index in [9.17, 15) is 18.0 Å². The van der Waals surface area contributed by atoms with Crippen molar-refractivity contribution in [1.82, 2.24) is 19.9 Å². The lowest BCUT2D eigenvalue weighted by Gasteiger charge is -2.40. The molecule has 1 fully saturated rings. The van der Waals surface area contributed by atoms with Crippen molar-refractivity contribution in [2.24, 2.45) is 0 Å². The Morgan fingerprint density at radius 1 is 1.22 bits per heavy atom. The largest absolute Gasteiger partial charge is 0.444 e. The molecule has 1 saturated heterocycles. The molecule has 2 atom stereocenters. The Kier molecular flexibility index (Phi) is 5.86. The highest BCUT2D eigenvalue weighted by molar-refractivity contribution is 5.98. The van der Waals surface area contributed by atoms with Gasteiger partial charge in [0.15, 0.2) is 0 Å². The molecule has 1 aliphatic rings. The van der Waals surface area contributed by atoms with Crippen LogP contribution in [0.3, 0.4) is 0 Å². The van der Waals surface area contributed by atoms with E-state index in [-0.39, 0.29) is 23.7 Å². The Balaban J connectivity index is 1.54. The molecule has 4 rings (SSSR count). The molecule has 1 aliphatic heterocycles. The summed E-state index contributed by atoms with van der Waals surface area (Å²) in [6.07, 6.45) is 0.788. The molecule has 1 amide bonds. The number of halogens is 3. The summed E-state index contributed by atoms with van der Waals surface area (Å²) in [5, 5.41) is 3.18. The van der Waals surface area contributed by atoms with Crippen LogP contribution in [0.5, 0.6) is 0 Å². The van der Waals surface area contributed by atoms with Crippen LogP contribution in [0, 0.1) is 6.92 Å². The third-order valence-electron chi connectivity index (χ3n) is 5.57. The zero-order chi connectivity index (χ0) is 22.9. The highest BCUT2D eigenvalue weighted by Crippen LogP contribution is 2.30. The van der Waals surface area contributed by atoms with Gasteiger partial charge in [-0.05, 0) is 51.0 Å². The number of pyridine rings is 2. The van der Waals surface area contributed by atoms with Gasteiger partial charge in [0, 0.05) is 30.5 Å². The van der Waals surface area contributed by atoms with Crippen LogP contribution in [-0.2, 0) is 6.18 Å². The van der Waals surface area contributed by atoms with Gasteiger partial charge in [0.1, 0.15) is 17.8 Å². The number of likely N-dealkylation sites (tertiary alicyclic amines) is 1. The molecule has 4 heterocycles. The van der Waals surface area contributed by atoms with E-state index in [1.807, 2.05) is 6.92 Å². The maximum atomic E-state index is 13.5. The lowest BCUT2D eigenvalue weighted by atomic mass is 9.96. The summed E-state index contributed by atoms with van der Waals surface area (Å²) in [5.41, 5.74) is 0.656. The van der Waals surface area contributed by atoms with E-state index in [1.54, 1.807) is 24.0 Å². The number of hydrogen-bond acceptors (Lipinski definition) is 6.